The van der Waals surface area contributed by atoms with Gasteiger partial charge >= 0.3 is 0 Å². The molecule has 0 fully saturated rings. The lowest BCUT2D eigenvalue weighted by Gasteiger charge is -2.31. The van der Waals surface area contributed by atoms with Crippen LogP contribution in [-0.2, 0) is 22.4 Å². The average molecular weight is 644 g/mol. The Morgan fingerprint density at radius 1 is 0.953 bits per heavy atom. The Morgan fingerprint density at radius 3 is 2.44 bits per heavy atom. The Hall–Kier alpha value is -4.14. The van der Waals surface area contributed by atoms with Crippen LogP contribution < -0.4 is 14.8 Å². The molecule has 2 N–H and O–H groups in total. The predicted octanol–water partition coefficient (Wildman–Crippen LogP) is 6.08. The van der Waals surface area contributed by atoms with Crippen molar-refractivity contribution in [1.29, 1.82) is 0 Å². The summed E-state index contributed by atoms with van der Waals surface area (Å²) in [6.07, 6.45) is 0.853. The van der Waals surface area contributed by atoms with E-state index in [1.165, 1.54) is 0 Å². The summed E-state index contributed by atoms with van der Waals surface area (Å²) in [6, 6.07) is 33.0. The highest BCUT2D eigenvalue weighted by Crippen LogP contribution is 2.44. The van der Waals surface area contributed by atoms with Crippen molar-refractivity contribution in [3.8, 4) is 11.5 Å². The van der Waals surface area contributed by atoms with Gasteiger partial charge in [-0.3, -0.25) is 4.79 Å². The molecule has 1 heterocycles. The molecule has 0 bridgehead atoms. The quantitative estimate of drug-likeness (QED) is 0.173. The summed E-state index contributed by atoms with van der Waals surface area (Å²) in [4.78, 5) is 19.5. The average Bonchev–Trinajstić information content (AvgIpc) is 3.42. The van der Waals surface area contributed by atoms with E-state index in [2.05, 4.69) is 21.2 Å². The third kappa shape index (κ3) is 7.27. The molecule has 0 saturated heterocycles. The van der Waals surface area contributed by atoms with Crippen molar-refractivity contribution in [1.82, 2.24) is 5.32 Å². The van der Waals surface area contributed by atoms with Gasteiger partial charge in [-0.15, -0.1) is 0 Å². The largest absolute Gasteiger partial charge is 0.497 e. The first-order valence-electron chi connectivity index (χ1n) is 14.3. The maximum atomic E-state index is 14.4. The minimum Gasteiger partial charge on any atom is -0.497 e. The molecule has 0 aromatic heterocycles. The monoisotopic (exact) mass is 642 g/mol. The number of aliphatic imine (C=N–C) groups is 1. The van der Waals surface area contributed by atoms with Crippen LogP contribution in [0, 0.1) is 0 Å². The van der Waals surface area contributed by atoms with E-state index in [9.17, 15) is 4.79 Å². The number of nitrogens with zero attached hydrogens (tertiary/aromatic N) is 1. The number of hydrogen-bond donors (Lipinski definition) is 2. The first-order chi connectivity index (χ1) is 21.0. The molecule has 0 spiro atoms. The summed E-state index contributed by atoms with van der Waals surface area (Å²) in [5, 5.41) is 12.2. The third-order valence-electron chi connectivity index (χ3n) is 7.37. The van der Waals surface area contributed by atoms with Gasteiger partial charge in [-0.2, -0.15) is 0 Å². The van der Waals surface area contributed by atoms with Crippen LogP contribution in [-0.4, -0.2) is 49.3 Å². The molecule has 0 aliphatic carbocycles. The Labute approximate surface area is 260 Å². The Bertz CT molecular complexity index is 1540. The number of amides is 1. The highest BCUT2D eigenvalue weighted by molar-refractivity contribution is 9.10. The number of ether oxygens (including phenoxy) is 3. The molecular weight excluding hydrogens is 608 g/mol. The van der Waals surface area contributed by atoms with E-state index in [0.29, 0.717) is 44.1 Å². The number of methoxy groups -OCH3 is 1. The zero-order chi connectivity index (χ0) is 30.1. The van der Waals surface area contributed by atoms with Crippen molar-refractivity contribution in [2.24, 2.45) is 4.99 Å². The van der Waals surface area contributed by atoms with Gasteiger partial charge in [-0.1, -0.05) is 76.6 Å². The minimum atomic E-state index is -1.27. The summed E-state index contributed by atoms with van der Waals surface area (Å²) < 4.78 is 18.5. The van der Waals surface area contributed by atoms with Gasteiger partial charge in [0.1, 0.15) is 11.5 Å². The zero-order valence-electron chi connectivity index (χ0n) is 24.0. The second-order valence-electron chi connectivity index (χ2n) is 10.3. The number of halogens is 1. The van der Waals surface area contributed by atoms with E-state index in [4.69, 9.17) is 24.3 Å². The van der Waals surface area contributed by atoms with Crippen molar-refractivity contribution in [3.63, 3.8) is 0 Å². The molecule has 4 aromatic carbocycles. The molecule has 1 aliphatic heterocycles. The SMILES string of the molecule is COc1cccc(CCNC(=O)[C@]2(Cc3ccccc3)N=C(c3ccc(OCCCO)cc3)O[C@@H]2c2ccccc2Br)c1. The number of carbonyl (C=O) groups excluding carboxylic acids is 1. The van der Waals surface area contributed by atoms with Crippen LogP contribution in [0.15, 0.2) is 113 Å². The first kappa shape index (κ1) is 30.3. The molecule has 8 heteroatoms. The molecular formula is C35H35BrN2O5. The highest BCUT2D eigenvalue weighted by Gasteiger charge is 2.53. The highest BCUT2D eigenvalue weighted by atomic mass is 79.9. The number of benzene rings is 4. The number of aliphatic hydroxyl groups excluding tert-OH is 1. The lowest BCUT2D eigenvalue weighted by Crippen LogP contribution is -2.50. The molecule has 1 amide bonds. The van der Waals surface area contributed by atoms with Crippen LogP contribution in [0.4, 0.5) is 0 Å². The van der Waals surface area contributed by atoms with Gasteiger partial charge < -0.3 is 24.6 Å². The van der Waals surface area contributed by atoms with Crippen molar-refractivity contribution in [2.45, 2.75) is 30.9 Å². The summed E-state index contributed by atoms with van der Waals surface area (Å²) in [5.74, 6) is 1.64. The smallest absolute Gasteiger partial charge is 0.252 e. The number of carbonyl (C=O) groups is 1. The number of nitrogens with one attached hydrogen (secondary N) is 1. The van der Waals surface area contributed by atoms with Crippen LogP contribution in [0.3, 0.4) is 0 Å². The molecule has 5 rings (SSSR count). The third-order valence-corrected chi connectivity index (χ3v) is 8.09. The van der Waals surface area contributed by atoms with Crippen molar-refractivity contribution < 1.29 is 24.1 Å². The van der Waals surface area contributed by atoms with Gasteiger partial charge in [-0.25, -0.2) is 4.99 Å². The van der Waals surface area contributed by atoms with E-state index in [1.807, 2.05) is 103 Å². The van der Waals surface area contributed by atoms with Crippen LogP contribution in [0.25, 0.3) is 0 Å². The molecule has 43 heavy (non-hydrogen) atoms. The van der Waals surface area contributed by atoms with E-state index in [-0.39, 0.29) is 12.5 Å². The van der Waals surface area contributed by atoms with Gasteiger partial charge in [0, 0.05) is 41.6 Å². The van der Waals surface area contributed by atoms with Gasteiger partial charge in [-0.05, 0) is 60.0 Å². The molecule has 7 nitrogen and oxygen atoms in total. The Balaban J connectivity index is 1.50. The number of aliphatic hydroxyl groups is 1. The first-order valence-corrected chi connectivity index (χ1v) is 15.1. The van der Waals surface area contributed by atoms with E-state index >= 15 is 0 Å². The second kappa shape index (κ2) is 14.4. The van der Waals surface area contributed by atoms with Gasteiger partial charge in [0.05, 0.1) is 13.7 Å². The summed E-state index contributed by atoms with van der Waals surface area (Å²) in [5.41, 5.74) is 2.34. The predicted molar refractivity (Wildman–Crippen MR) is 171 cm³/mol. The molecule has 0 saturated carbocycles. The van der Waals surface area contributed by atoms with E-state index in [0.717, 1.165) is 32.5 Å². The van der Waals surface area contributed by atoms with Crippen LogP contribution in [0.5, 0.6) is 11.5 Å². The lowest BCUT2D eigenvalue weighted by molar-refractivity contribution is -0.128. The molecule has 222 valence electrons. The van der Waals surface area contributed by atoms with Gasteiger partial charge in [0.2, 0.25) is 5.90 Å². The summed E-state index contributed by atoms with van der Waals surface area (Å²) >= 11 is 3.70. The normalized spacial score (nSPS) is 17.6. The van der Waals surface area contributed by atoms with Gasteiger partial charge in [0.25, 0.3) is 5.91 Å². The standard InChI is InChI=1S/C35H35BrN2O5/c1-41-29-12-7-11-25(23-29)19-20-37-34(40)35(24-26-9-3-2-4-10-26)32(30-13-5-6-14-31(30)36)43-33(38-35)27-15-17-28(18-16-27)42-22-8-21-39/h2-7,9-18,23,32,39H,8,19-22,24H2,1H3,(H,37,40)/t32-,35-/m1/s1. The Kier molecular flexibility index (Phi) is 10.1. The Morgan fingerprint density at radius 2 is 1.70 bits per heavy atom. The van der Waals surface area contributed by atoms with Crippen molar-refractivity contribution in [3.05, 3.63) is 130 Å². The fourth-order valence-corrected chi connectivity index (χ4v) is 5.65. The molecule has 1 aliphatic rings. The number of rotatable bonds is 13. The van der Waals surface area contributed by atoms with Gasteiger partial charge in [0.15, 0.2) is 11.6 Å². The van der Waals surface area contributed by atoms with Crippen LogP contribution >= 0.6 is 15.9 Å². The maximum absolute atomic E-state index is 14.4. The zero-order valence-corrected chi connectivity index (χ0v) is 25.6. The van der Waals surface area contributed by atoms with E-state index in [1.54, 1.807) is 7.11 Å². The molecule has 0 unspecified atom stereocenters. The fourth-order valence-electron chi connectivity index (χ4n) is 5.16. The molecule has 4 aromatic rings. The number of hydrogen-bond acceptors (Lipinski definition) is 6. The van der Waals surface area contributed by atoms with Crippen molar-refractivity contribution in [2.75, 3.05) is 26.9 Å². The van der Waals surface area contributed by atoms with Crippen LogP contribution in [0.2, 0.25) is 0 Å². The summed E-state index contributed by atoms with van der Waals surface area (Å²) in [6.45, 7) is 0.924. The molecule has 2 atom stereocenters. The second-order valence-corrected chi connectivity index (χ2v) is 11.2. The molecule has 0 radical (unpaired) electrons. The maximum Gasteiger partial charge on any atom is 0.252 e. The van der Waals surface area contributed by atoms with E-state index < -0.39 is 11.6 Å². The fraction of sp³-hybridized carbons (Fsp3) is 0.257. The lowest BCUT2D eigenvalue weighted by atomic mass is 9.82. The van der Waals surface area contributed by atoms with Crippen LogP contribution in [0.1, 0.15) is 34.8 Å². The summed E-state index contributed by atoms with van der Waals surface area (Å²) in [7, 11) is 1.64. The van der Waals surface area contributed by atoms with Crippen molar-refractivity contribution >= 4 is 27.7 Å². The topological polar surface area (TPSA) is 89.4 Å². The minimum absolute atomic E-state index is 0.0737.